The van der Waals surface area contributed by atoms with Gasteiger partial charge in [-0.2, -0.15) is 5.11 Å². The fraction of sp³-hybridized carbons (Fsp3) is 0.250. The molecule has 0 saturated carbocycles. The standard InChI is InChI=1S/C20H18ClN5O3/c1-2-12-6-8-14(9-7-12)22-16(27)11-25-18-17(23-24-25)19(28)26(20(18)29)15-5-3-4-13(21)10-15/h3-10,17-18H,2,11H2,1H3,(H,22,27)/t17-,18+/m0/s1. The number of rotatable bonds is 5. The fourth-order valence-electron chi connectivity index (χ4n) is 3.39. The smallest absolute Gasteiger partial charge is 0.263 e. The number of amides is 3. The topological polar surface area (TPSA) is 94.4 Å². The van der Waals surface area contributed by atoms with Crippen molar-refractivity contribution in [3.05, 3.63) is 59.1 Å². The van der Waals surface area contributed by atoms with Gasteiger partial charge in [-0.3, -0.25) is 19.4 Å². The lowest BCUT2D eigenvalue weighted by Crippen LogP contribution is -2.43. The highest BCUT2D eigenvalue weighted by molar-refractivity contribution is 6.31. The van der Waals surface area contributed by atoms with Gasteiger partial charge in [-0.05, 0) is 42.3 Å². The Morgan fingerprint density at radius 1 is 1.14 bits per heavy atom. The molecule has 4 rings (SSSR count). The van der Waals surface area contributed by atoms with Crippen molar-refractivity contribution >= 4 is 40.7 Å². The third-order valence-electron chi connectivity index (χ3n) is 4.88. The first-order chi connectivity index (χ1) is 14.0. The van der Waals surface area contributed by atoms with Crippen molar-refractivity contribution in [1.82, 2.24) is 5.01 Å². The number of hydrogen-bond donors (Lipinski definition) is 1. The zero-order chi connectivity index (χ0) is 20.5. The number of nitrogens with one attached hydrogen (secondary N) is 1. The summed E-state index contributed by atoms with van der Waals surface area (Å²) in [7, 11) is 0. The van der Waals surface area contributed by atoms with Gasteiger partial charge in [0.1, 0.15) is 6.54 Å². The predicted molar refractivity (Wildman–Crippen MR) is 108 cm³/mol. The van der Waals surface area contributed by atoms with Crippen LogP contribution in [0.3, 0.4) is 0 Å². The molecule has 2 atom stereocenters. The van der Waals surface area contributed by atoms with E-state index >= 15 is 0 Å². The van der Waals surface area contributed by atoms with Crippen LogP contribution in [0.2, 0.25) is 5.02 Å². The maximum Gasteiger partial charge on any atom is 0.263 e. The molecule has 2 aromatic rings. The van der Waals surface area contributed by atoms with E-state index in [2.05, 4.69) is 22.6 Å². The van der Waals surface area contributed by atoms with Crippen molar-refractivity contribution in [3.63, 3.8) is 0 Å². The lowest BCUT2D eigenvalue weighted by atomic mass is 10.1. The SMILES string of the molecule is CCc1ccc(NC(=O)CN2N=N[C@@H]3C(=O)N(c4cccc(Cl)c4)C(=O)[C@@H]32)cc1. The molecule has 0 aliphatic carbocycles. The minimum atomic E-state index is -0.960. The van der Waals surface area contributed by atoms with Crippen LogP contribution in [-0.4, -0.2) is 41.4 Å². The molecule has 0 aromatic heterocycles. The van der Waals surface area contributed by atoms with Gasteiger partial charge in [0, 0.05) is 10.7 Å². The summed E-state index contributed by atoms with van der Waals surface area (Å²) in [6.07, 6.45) is 0.907. The highest BCUT2D eigenvalue weighted by Gasteiger charge is 2.55. The summed E-state index contributed by atoms with van der Waals surface area (Å²) in [6.45, 7) is 1.86. The van der Waals surface area contributed by atoms with E-state index < -0.39 is 23.9 Å². The molecular weight excluding hydrogens is 394 g/mol. The van der Waals surface area contributed by atoms with E-state index in [1.165, 1.54) is 11.1 Å². The quantitative estimate of drug-likeness (QED) is 0.765. The van der Waals surface area contributed by atoms with Crippen molar-refractivity contribution in [2.24, 2.45) is 10.3 Å². The first kappa shape index (κ1) is 19.1. The number of aryl methyl sites for hydroxylation is 1. The minimum absolute atomic E-state index is 0.192. The minimum Gasteiger partial charge on any atom is -0.324 e. The van der Waals surface area contributed by atoms with Crippen LogP contribution in [0, 0.1) is 0 Å². The van der Waals surface area contributed by atoms with Crippen LogP contribution in [0.5, 0.6) is 0 Å². The molecule has 0 unspecified atom stereocenters. The first-order valence-electron chi connectivity index (χ1n) is 9.17. The summed E-state index contributed by atoms with van der Waals surface area (Å²) in [5.41, 5.74) is 2.18. The number of fused-ring (bicyclic) bond motifs is 1. The summed E-state index contributed by atoms with van der Waals surface area (Å²) in [5.74, 6) is -1.31. The molecule has 1 N–H and O–H groups in total. The lowest BCUT2D eigenvalue weighted by Gasteiger charge is -2.20. The number of halogens is 1. The van der Waals surface area contributed by atoms with Gasteiger partial charge in [-0.1, -0.05) is 41.9 Å². The summed E-state index contributed by atoms with van der Waals surface area (Å²) in [6, 6.07) is 12.1. The molecule has 2 heterocycles. The monoisotopic (exact) mass is 411 g/mol. The third kappa shape index (κ3) is 3.58. The molecule has 148 valence electrons. The fourth-order valence-corrected chi connectivity index (χ4v) is 3.58. The van der Waals surface area contributed by atoms with Gasteiger partial charge < -0.3 is 5.32 Å². The van der Waals surface area contributed by atoms with E-state index in [0.29, 0.717) is 16.4 Å². The van der Waals surface area contributed by atoms with Gasteiger partial charge in [0.15, 0.2) is 12.1 Å². The van der Waals surface area contributed by atoms with Crippen molar-refractivity contribution in [1.29, 1.82) is 0 Å². The van der Waals surface area contributed by atoms with Gasteiger partial charge >= 0.3 is 0 Å². The Bertz CT molecular complexity index is 1010. The average molecular weight is 412 g/mol. The molecule has 29 heavy (non-hydrogen) atoms. The van der Waals surface area contributed by atoms with E-state index in [4.69, 9.17) is 11.6 Å². The number of imide groups is 1. The Kier molecular flexibility index (Phi) is 5.02. The highest BCUT2D eigenvalue weighted by atomic mass is 35.5. The van der Waals surface area contributed by atoms with E-state index in [0.717, 1.165) is 16.9 Å². The van der Waals surface area contributed by atoms with Crippen LogP contribution in [0.1, 0.15) is 12.5 Å². The Morgan fingerprint density at radius 3 is 2.59 bits per heavy atom. The van der Waals surface area contributed by atoms with Crippen molar-refractivity contribution in [2.75, 3.05) is 16.8 Å². The molecule has 0 bridgehead atoms. The molecule has 3 amide bonds. The predicted octanol–water partition coefficient (Wildman–Crippen LogP) is 2.83. The highest BCUT2D eigenvalue weighted by Crippen LogP contribution is 2.32. The number of anilines is 2. The van der Waals surface area contributed by atoms with Gasteiger partial charge in [0.25, 0.3) is 11.8 Å². The molecule has 0 spiro atoms. The van der Waals surface area contributed by atoms with E-state index in [9.17, 15) is 14.4 Å². The molecule has 9 heteroatoms. The summed E-state index contributed by atoms with van der Waals surface area (Å²) >= 11 is 5.98. The maximum absolute atomic E-state index is 12.9. The Balaban J connectivity index is 1.46. The van der Waals surface area contributed by atoms with Crippen molar-refractivity contribution < 1.29 is 14.4 Å². The molecule has 0 radical (unpaired) electrons. The molecule has 2 aromatic carbocycles. The van der Waals surface area contributed by atoms with E-state index in [1.807, 2.05) is 24.3 Å². The number of carbonyl (C=O) groups excluding carboxylic acids is 3. The van der Waals surface area contributed by atoms with E-state index in [1.54, 1.807) is 18.2 Å². The number of hydrogen-bond acceptors (Lipinski definition) is 6. The van der Waals surface area contributed by atoms with Gasteiger partial charge in [-0.25, -0.2) is 4.90 Å². The molecule has 8 nitrogen and oxygen atoms in total. The summed E-state index contributed by atoms with van der Waals surface area (Å²) in [5, 5.41) is 12.2. The van der Waals surface area contributed by atoms with Crippen LogP contribution in [-0.2, 0) is 20.8 Å². The molecule has 2 aliphatic heterocycles. The van der Waals surface area contributed by atoms with Gasteiger partial charge in [0.2, 0.25) is 5.91 Å². The van der Waals surface area contributed by atoms with Crippen LogP contribution in [0.25, 0.3) is 0 Å². The van der Waals surface area contributed by atoms with Crippen molar-refractivity contribution in [3.8, 4) is 0 Å². The van der Waals surface area contributed by atoms with Crippen LogP contribution in [0.4, 0.5) is 11.4 Å². The molecule has 2 aliphatic rings. The first-order valence-corrected chi connectivity index (χ1v) is 9.55. The normalized spacial score (nSPS) is 20.3. The third-order valence-corrected chi connectivity index (χ3v) is 5.11. The van der Waals surface area contributed by atoms with Gasteiger partial charge in [0.05, 0.1) is 5.69 Å². The molecule has 1 fully saturated rings. The zero-order valence-electron chi connectivity index (χ0n) is 15.6. The van der Waals surface area contributed by atoms with E-state index in [-0.39, 0.29) is 12.5 Å². The largest absolute Gasteiger partial charge is 0.324 e. The molecule has 1 saturated heterocycles. The number of carbonyl (C=O) groups is 3. The summed E-state index contributed by atoms with van der Waals surface area (Å²) in [4.78, 5) is 39.0. The average Bonchev–Trinajstić information content (AvgIpc) is 3.22. The van der Waals surface area contributed by atoms with Crippen molar-refractivity contribution in [2.45, 2.75) is 25.4 Å². The zero-order valence-corrected chi connectivity index (χ0v) is 16.3. The van der Waals surface area contributed by atoms with Gasteiger partial charge in [-0.15, -0.1) is 0 Å². The Labute approximate surface area is 172 Å². The lowest BCUT2D eigenvalue weighted by molar-refractivity contribution is -0.123. The second-order valence-electron chi connectivity index (χ2n) is 6.78. The summed E-state index contributed by atoms with van der Waals surface area (Å²) < 4.78 is 0. The van der Waals surface area contributed by atoms with Crippen LogP contribution in [0.15, 0.2) is 58.9 Å². The van der Waals surface area contributed by atoms with Crippen LogP contribution < -0.4 is 10.2 Å². The number of benzene rings is 2. The maximum atomic E-state index is 12.9. The Hall–Kier alpha value is -3.26. The number of nitrogens with zero attached hydrogens (tertiary/aromatic N) is 4. The molecular formula is C20H18ClN5O3. The second-order valence-corrected chi connectivity index (χ2v) is 7.22. The second kappa shape index (κ2) is 7.63. The Morgan fingerprint density at radius 2 is 1.90 bits per heavy atom. The van der Waals surface area contributed by atoms with Crippen LogP contribution >= 0.6 is 11.6 Å².